The van der Waals surface area contributed by atoms with Gasteiger partial charge in [0, 0.05) is 10.8 Å². The Morgan fingerprint density at radius 3 is 2.30 bits per heavy atom. The van der Waals surface area contributed by atoms with Gasteiger partial charge in [-0.2, -0.15) is 0 Å². The largest absolute Gasteiger partial charge is 0.374 e. The van der Waals surface area contributed by atoms with E-state index >= 15 is 0 Å². The molecule has 1 aliphatic heterocycles. The van der Waals surface area contributed by atoms with Crippen molar-refractivity contribution in [1.29, 1.82) is 0 Å². The van der Waals surface area contributed by atoms with Crippen LogP contribution in [0.4, 0.5) is 0 Å². The highest BCUT2D eigenvalue weighted by Crippen LogP contribution is 2.43. The molecule has 0 saturated carbocycles. The Morgan fingerprint density at radius 2 is 1.83 bits per heavy atom. The van der Waals surface area contributed by atoms with Crippen LogP contribution >= 0.6 is 11.8 Å². The topological polar surface area (TPSA) is 55.5 Å². The number of rotatable bonds is 6. The van der Waals surface area contributed by atoms with E-state index in [1.54, 1.807) is 0 Å². The van der Waals surface area contributed by atoms with Gasteiger partial charge in [-0.25, -0.2) is 0 Å². The van der Waals surface area contributed by atoms with Gasteiger partial charge in [-0.3, -0.25) is 0 Å². The van der Waals surface area contributed by atoms with Crippen LogP contribution in [0.1, 0.15) is 39.7 Å². The lowest BCUT2D eigenvalue weighted by atomic mass is 9.88. The highest BCUT2D eigenvalue weighted by atomic mass is 32.2. The van der Waals surface area contributed by atoms with Gasteiger partial charge in [0.25, 0.3) is 0 Å². The molecule has 2 rings (SSSR count). The third-order valence-corrected chi connectivity index (χ3v) is 5.04. The van der Waals surface area contributed by atoms with Gasteiger partial charge in [-0.1, -0.05) is 57.2 Å². The summed E-state index contributed by atoms with van der Waals surface area (Å²) in [5.41, 5.74) is 2.13. The average molecular weight is 332 g/mol. The zero-order valence-electron chi connectivity index (χ0n) is 14.4. The first-order valence-electron chi connectivity index (χ1n) is 8.01. The van der Waals surface area contributed by atoms with Crippen molar-refractivity contribution in [1.82, 2.24) is 0 Å². The summed E-state index contributed by atoms with van der Waals surface area (Å²) in [5, 5.41) is 11.5. The van der Waals surface area contributed by atoms with Crippen LogP contribution in [0.3, 0.4) is 0 Å². The first-order chi connectivity index (χ1) is 10.8. The Labute approximate surface area is 142 Å². The molecule has 1 heterocycles. The molecule has 0 fully saturated rings. The van der Waals surface area contributed by atoms with Crippen molar-refractivity contribution in [3.63, 3.8) is 0 Å². The van der Waals surface area contributed by atoms with Crippen molar-refractivity contribution < 1.29 is 4.92 Å². The Hall–Kier alpha value is -1.62. The van der Waals surface area contributed by atoms with Gasteiger partial charge in [0.2, 0.25) is 0 Å². The molecule has 1 aromatic rings. The standard InChI is InChI=1S/C18H24N2O2S/c1-11(2)10-15-16(12(3)4)19-18(20(21)22)17(15)23-14-8-6-13(5)7-9-14/h6-9,11-12,15H,10H2,1-5H3/t15-/m0/s1. The number of aryl methyl sites for hydroxylation is 1. The molecule has 5 heteroatoms. The number of thioether (sulfide) groups is 1. The van der Waals surface area contributed by atoms with Gasteiger partial charge in [-0.15, -0.1) is 0 Å². The monoisotopic (exact) mass is 332 g/mol. The normalized spacial score (nSPS) is 18.0. The first-order valence-corrected chi connectivity index (χ1v) is 8.82. The molecule has 124 valence electrons. The fourth-order valence-corrected chi connectivity index (χ4v) is 3.85. The summed E-state index contributed by atoms with van der Waals surface area (Å²) < 4.78 is 0. The van der Waals surface area contributed by atoms with Crippen LogP contribution in [0, 0.1) is 34.8 Å². The number of hydrogen-bond acceptors (Lipinski definition) is 4. The summed E-state index contributed by atoms with van der Waals surface area (Å²) in [6.07, 6.45) is 0.891. The van der Waals surface area contributed by atoms with Crippen LogP contribution in [0.25, 0.3) is 0 Å². The molecule has 0 N–H and O–H groups in total. The molecule has 0 saturated heterocycles. The van der Waals surface area contributed by atoms with E-state index in [-0.39, 0.29) is 22.6 Å². The highest BCUT2D eigenvalue weighted by molar-refractivity contribution is 8.03. The van der Waals surface area contributed by atoms with E-state index in [9.17, 15) is 10.1 Å². The number of nitrogens with zero attached hydrogens (tertiary/aromatic N) is 2. The molecule has 0 aromatic heterocycles. The quantitative estimate of drug-likeness (QED) is 0.524. The van der Waals surface area contributed by atoms with Crippen molar-refractivity contribution in [2.24, 2.45) is 22.7 Å². The maximum Gasteiger partial charge on any atom is 0.374 e. The molecule has 0 bridgehead atoms. The summed E-state index contributed by atoms with van der Waals surface area (Å²) in [5.74, 6) is 0.764. The Bertz CT molecular complexity index is 645. The molecular formula is C18H24N2O2S. The maximum absolute atomic E-state index is 11.5. The van der Waals surface area contributed by atoms with E-state index in [1.807, 2.05) is 31.2 Å². The van der Waals surface area contributed by atoms with Gasteiger partial charge >= 0.3 is 5.82 Å². The number of allylic oxidation sites excluding steroid dienone is 1. The minimum absolute atomic E-state index is 0.0323. The van der Waals surface area contributed by atoms with Gasteiger partial charge in [-0.05, 0) is 41.3 Å². The van der Waals surface area contributed by atoms with E-state index in [4.69, 9.17) is 0 Å². The van der Waals surface area contributed by atoms with Gasteiger partial charge in [0.1, 0.15) is 5.71 Å². The molecular weight excluding hydrogens is 308 g/mol. The van der Waals surface area contributed by atoms with Crippen LogP contribution in [0.2, 0.25) is 0 Å². The Balaban J connectivity index is 2.39. The zero-order chi connectivity index (χ0) is 17.1. The predicted molar refractivity (Wildman–Crippen MR) is 96.3 cm³/mol. The average Bonchev–Trinajstić information content (AvgIpc) is 2.80. The molecule has 23 heavy (non-hydrogen) atoms. The second-order valence-electron chi connectivity index (χ2n) is 6.73. The van der Waals surface area contributed by atoms with E-state index < -0.39 is 0 Å². The van der Waals surface area contributed by atoms with E-state index in [0.29, 0.717) is 5.92 Å². The third-order valence-electron chi connectivity index (χ3n) is 3.85. The van der Waals surface area contributed by atoms with Crippen LogP contribution < -0.4 is 0 Å². The van der Waals surface area contributed by atoms with Gasteiger partial charge in [0.05, 0.1) is 10.8 Å². The van der Waals surface area contributed by atoms with Crippen molar-refractivity contribution in [3.05, 3.63) is 50.7 Å². The summed E-state index contributed by atoms with van der Waals surface area (Å²) >= 11 is 1.49. The van der Waals surface area contributed by atoms with Gasteiger partial charge in [0.15, 0.2) is 0 Å². The molecule has 0 aliphatic carbocycles. The molecule has 4 nitrogen and oxygen atoms in total. The van der Waals surface area contributed by atoms with Crippen LogP contribution in [0.15, 0.2) is 44.9 Å². The number of aliphatic imine (C=N–C) groups is 1. The Kier molecular flexibility index (Phi) is 5.63. The second-order valence-corrected chi connectivity index (χ2v) is 7.85. The van der Waals surface area contributed by atoms with Crippen molar-refractivity contribution in [3.8, 4) is 0 Å². The van der Waals surface area contributed by atoms with Crippen LogP contribution in [0.5, 0.6) is 0 Å². The fraction of sp³-hybridized carbons (Fsp3) is 0.500. The fourth-order valence-electron chi connectivity index (χ4n) is 2.76. The van der Waals surface area contributed by atoms with Crippen molar-refractivity contribution in [2.45, 2.75) is 45.9 Å². The second kappa shape index (κ2) is 7.30. The molecule has 0 radical (unpaired) electrons. The van der Waals surface area contributed by atoms with E-state index in [0.717, 1.165) is 21.9 Å². The maximum atomic E-state index is 11.5. The van der Waals surface area contributed by atoms with Crippen molar-refractivity contribution >= 4 is 17.5 Å². The molecule has 1 aliphatic rings. The summed E-state index contributed by atoms with van der Waals surface area (Å²) in [7, 11) is 0. The van der Waals surface area contributed by atoms with Crippen LogP contribution in [-0.2, 0) is 0 Å². The van der Waals surface area contributed by atoms with E-state index in [1.165, 1.54) is 17.3 Å². The number of nitro groups is 1. The minimum Gasteiger partial charge on any atom is -0.358 e. The SMILES string of the molecule is Cc1ccc(SC2=C([N+](=O)[O-])N=C(C(C)C)[C@@H]2CC(C)C)cc1. The molecule has 1 aromatic carbocycles. The minimum atomic E-state index is -0.334. The lowest BCUT2D eigenvalue weighted by molar-refractivity contribution is -0.426. The highest BCUT2D eigenvalue weighted by Gasteiger charge is 2.40. The summed E-state index contributed by atoms with van der Waals surface area (Å²) in [4.78, 5) is 17.4. The predicted octanol–water partition coefficient (Wildman–Crippen LogP) is 5.31. The summed E-state index contributed by atoms with van der Waals surface area (Å²) in [6.45, 7) is 10.5. The smallest absolute Gasteiger partial charge is 0.358 e. The first kappa shape index (κ1) is 17.7. The zero-order valence-corrected chi connectivity index (χ0v) is 15.2. The third kappa shape index (κ3) is 4.22. The molecule has 0 unspecified atom stereocenters. The molecule has 0 spiro atoms. The lowest BCUT2D eigenvalue weighted by Crippen LogP contribution is -2.19. The molecule has 1 atom stereocenters. The number of benzene rings is 1. The lowest BCUT2D eigenvalue weighted by Gasteiger charge is -2.18. The van der Waals surface area contributed by atoms with Gasteiger partial charge < -0.3 is 10.1 Å². The van der Waals surface area contributed by atoms with Crippen molar-refractivity contribution in [2.75, 3.05) is 0 Å². The molecule has 0 amide bonds. The van der Waals surface area contributed by atoms with E-state index in [2.05, 4.69) is 32.7 Å². The summed E-state index contributed by atoms with van der Waals surface area (Å²) in [6, 6.07) is 8.10. The number of hydrogen-bond donors (Lipinski definition) is 0. The van der Waals surface area contributed by atoms with Crippen LogP contribution in [-0.4, -0.2) is 10.6 Å². The Morgan fingerprint density at radius 1 is 1.22 bits per heavy atom.